The van der Waals surface area contributed by atoms with E-state index in [2.05, 4.69) is 0 Å². The Morgan fingerprint density at radius 2 is 1.86 bits per heavy atom. The molecule has 1 aliphatic heterocycles. The molecule has 1 fully saturated rings. The molecule has 1 aromatic rings. The quantitative estimate of drug-likeness (QED) is 0.893. The van der Waals surface area contributed by atoms with E-state index in [0.29, 0.717) is 31.6 Å². The summed E-state index contributed by atoms with van der Waals surface area (Å²) in [5.41, 5.74) is 0.670. The summed E-state index contributed by atoms with van der Waals surface area (Å²) >= 11 is 0. The Hall–Kier alpha value is -1.95. The van der Waals surface area contributed by atoms with Gasteiger partial charge in [-0.2, -0.15) is 0 Å². The standard InChI is InChI=1S/C15H18FNO4/c16-12-3-1-11(2-4-12)9-14(18)17(10-15(19)20)13-5-7-21-8-6-13/h1-4,13H,5-10H2,(H,19,20). The SMILES string of the molecule is O=C(O)CN(C(=O)Cc1ccc(F)cc1)C1CCOCC1. The fraction of sp³-hybridized carbons (Fsp3) is 0.467. The van der Waals surface area contributed by atoms with E-state index >= 15 is 0 Å². The van der Waals surface area contributed by atoms with Gasteiger partial charge in [0.05, 0.1) is 6.42 Å². The van der Waals surface area contributed by atoms with Gasteiger partial charge in [0.25, 0.3) is 0 Å². The van der Waals surface area contributed by atoms with Crippen molar-refractivity contribution in [3.8, 4) is 0 Å². The molecule has 0 saturated carbocycles. The molecule has 114 valence electrons. The number of hydrogen-bond donors (Lipinski definition) is 1. The average Bonchev–Trinajstić information content (AvgIpc) is 2.48. The molecule has 0 aromatic heterocycles. The summed E-state index contributed by atoms with van der Waals surface area (Å²) in [4.78, 5) is 24.7. The van der Waals surface area contributed by atoms with Crippen molar-refractivity contribution in [2.45, 2.75) is 25.3 Å². The van der Waals surface area contributed by atoms with Crippen LogP contribution in [0, 0.1) is 5.82 Å². The Kier molecular flexibility index (Phi) is 5.27. The van der Waals surface area contributed by atoms with E-state index < -0.39 is 5.97 Å². The number of carbonyl (C=O) groups is 2. The van der Waals surface area contributed by atoms with Gasteiger partial charge >= 0.3 is 5.97 Å². The summed E-state index contributed by atoms with van der Waals surface area (Å²) in [7, 11) is 0. The predicted molar refractivity (Wildman–Crippen MR) is 73.3 cm³/mol. The molecule has 21 heavy (non-hydrogen) atoms. The highest BCUT2D eigenvalue weighted by molar-refractivity contribution is 5.83. The lowest BCUT2D eigenvalue weighted by Gasteiger charge is -2.33. The van der Waals surface area contributed by atoms with E-state index in [9.17, 15) is 14.0 Å². The number of rotatable bonds is 5. The first-order chi connectivity index (χ1) is 10.1. The largest absolute Gasteiger partial charge is 0.480 e. The van der Waals surface area contributed by atoms with E-state index in [1.54, 1.807) is 0 Å². The Morgan fingerprint density at radius 3 is 2.43 bits per heavy atom. The molecule has 0 unspecified atom stereocenters. The molecule has 1 saturated heterocycles. The molecular formula is C15H18FNO4. The van der Waals surface area contributed by atoms with Crippen LogP contribution in [0.5, 0.6) is 0 Å². The fourth-order valence-electron chi connectivity index (χ4n) is 2.44. The third-order valence-electron chi connectivity index (χ3n) is 3.53. The highest BCUT2D eigenvalue weighted by atomic mass is 19.1. The monoisotopic (exact) mass is 295 g/mol. The van der Waals surface area contributed by atoms with Crippen LogP contribution in [0.15, 0.2) is 24.3 Å². The number of aliphatic carboxylic acids is 1. The van der Waals surface area contributed by atoms with Crippen molar-refractivity contribution in [1.29, 1.82) is 0 Å². The first-order valence-electron chi connectivity index (χ1n) is 6.89. The van der Waals surface area contributed by atoms with E-state index in [1.165, 1.54) is 29.2 Å². The van der Waals surface area contributed by atoms with Crippen LogP contribution in [-0.4, -0.2) is 47.7 Å². The lowest BCUT2D eigenvalue weighted by atomic mass is 10.0. The maximum absolute atomic E-state index is 12.9. The number of halogens is 1. The number of nitrogens with zero attached hydrogens (tertiary/aromatic N) is 1. The Labute approximate surface area is 122 Å². The van der Waals surface area contributed by atoms with Crippen LogP contribution in [0.3, 0.4) is 0 Å². The van der Waals surface area contributed by atoms with Gasteiger partial charge < -0.3 is 14.7 Å². The molecule has 2 rings (SSSR count). The van der Waals surface area contributed by atoms with Crippen LogP contribution >= 0.6 is 0 Å². The predicted octanol–water partition coefficient (Wildman–Crippen LogP) is 1.46. The van der Waals surface area contributed by atoms with Crippen molar-refractivity contribution < 1.29 is 23.8 Å². The molecule has 5 nitrogen and oxygen atoms in total. The minimum atomic E-state index is -1.03. The smallest absolute Gasteiger partial charge is 0.323 e. The van der Waals surface area contributed by atoms with Crippen LogP contribution < -0.4 is 0 Å². The number of benzene rings is 1. The summed E-state index contributed by atoms with van der Waals surface area (Å²) in [5.74, 6) is -1.65. The molecule has 1 amide bonds. The lowest BCUT2D eigenvalue weighted by Crippen LogP contribution is -2.46. The summed E-state index contributed by atoms with van der Waals surface area (Å²) in [5, 5.41) is 8.99. The summed E-state index contributed by atoms with van der Waals surface area (Å²) < 4.78 is 18.1. The van der Waals surface area contributed by atoms with Gasteiger partial charge in [-0.05, 0) is 30.5 Å². The lowest BCUT2D eigenvalue weighted by molar-refractivity contribution is -0.147. The maximum atomic E-state index is 12.9. The van der Waals surface area contributed by atoms with Gasteiger partial charge in [0.15, 0.2) is 0 Å². The van der Waals surface area contributed by atoms with Gasteiger partial charge in [-0.3, -0.25) is 9.59 Å². The summed E-state index contributed by atoms with van der Waals surface area (Å²) in [6, 6.07) is 5.55. The minimum absolute atomic E-state index is 0.0743. The molecule has 1 aliphatic rings. The summed E-state index contributed by atoms with van der Waals surface area (Å²) in [6.07, 6.45) is 1.36. The molecule has 1 aromatic carbocycles. The van der Waals surface area contributed by atoms with Crippen LogP contribution in [0.2, 0.25) is 0 Å². The highest BCUT2D eigenvalue weighted by Crippen LogP contribution is 2.16. The van der Waals surface area contributed by atoms with E-state index in [0.717, 1.165) is 0 Å². The third-order valence-corrected chi connectivity index (χ3v) is 3.53. The van der Waals surface area contributed by atoms with Gasteiger partial charge in [-0.1, -0.05) is 12.1 Å². The first-order valence-corrected chi connectivity index (χ1v) is 6.89. The van der Waals surface area contributed by atoms with Gasteiger partial charge in [0, 0.05) is 19.3 Å². The van der Waals surface area contributed by atoms with Crippen LogP contribution in [0.25, 0.3) is 0 Å². The zero-order chi connectivity index (χ0) is 15.2. The number of carboxylic acid groups (broad SMARTS) is 1. The fourth-order valence-corrected chi connectivity index (χ4v) is 2.44. The molecule has 0 bridgehead atoms. The number of amides is 1. The second-order valence-electron chi connectivity index (χ2n) is 5.06. The van der Waals surface area contributed by atoms with Crippen molar-refractivity contribution in [3.63, 3.8) is 0 Å². The minimum Gasteiger partial charge on any atom is -0.480 e. The Balaban J connectivity index is 2.05. The zero-order valence-electron chi connectivity index (χ0n) is 11.6. The van der Waals surface area contributed by atoms with Crippen molar-refractivity contribution >= 4 is 11.9 Å². The van der Waals surface area contributed by atoms with Crippen molar-refractivity contribution in [2.75, 3.05) is 19.8 Å². The second kappa shape index (κ2) is 7.17. The van der Waals surface area contributed by atoms with Crippen LogP contribution in [-0.2, 0) is 20.7 Å². The molecule has 0 spiro atoms. The Bertz CT molecular complexity index is 497. The molecule has 6 heteroatoms. The normalized spacial score (nSPS) is 15.7. The summed E-state index contributed by atoms with van der Waals surface area (Å²) in [6.45, 7) is 0.750. The Morgan fingerprint density at radius 1 is 1.24 bits per heavy atom. The van der Waals surface area contributed by atoms with Crippen molar-refractivity contribution in [2.24, 2.45) is 0 Å². The topological polar surface area (TPSA) is 66.8 Å². The van der Waals surface area contributed by atoms with Gasteiger partial charge in [0.1, 0.15) is 12.4 Å². The average molecular weight is 295 g/mol. The zero-order valence-corrected chi connectivity index (χ0v) is 11.6. The number of ether oxygens (including phenoxy) is 1. The van der Waals surface area contributed by atoms with E-state index in [1.807, 2.05) is 0 Å². The van der Waals surface area contributed by atoms with Crippen molar-refractivity contribution in [3.05, 3.63) is 35.6 Å². The van der Waals surface area contributed by atoms with Crippen LogP contribution in [0.1, 0.15) is 18.4 Å². The van der Waals surface area contributed by atoms with E-state index in [-0.39, 0.29) is 30.7 Å². The van der Waals surface area contributed by atoms with E-state index in [4.69, 9.17) is 9.84 Å². The van der Waals surface area contributed by atoms with Gasteiger partial charge in [-0.15, -0.1) is 0 Å². The second-order valence-corrected chi connectivity index (χ2v) is 5.06. The third kappa shape index (κ3) is 4.53. The van der Waals surface area contributed by atoms with Gasteiger partial charge in [0.2, 0.25) is 5.91 Å². The molecule has 0 atom stereocenters. The maximum Gasteiger partial charge on any atom is 0.323 e. The number of hydrogen-bond acceptors (Lipinski definition) is 3. The van der Waals surface area contributed by atoms with Crippen molar-refractivity contribution in [1.82, 2.24) is 4.90 Å². The molecule has 1 N–H and O–H groups in total. The highest BCUT2D eigenvalue weighted by Gasteiger charge is 2.27. The molecule has 0 radical (unpaired) electrons. The molecule has 1 heterocycles. The molecule has 0 aliphatic carbocycles. The molecular weight excluding hydrogens is 277 g/mol. The number of carboxylic acids is 1. The number of carbonyl (C=O) groups excluding carboxylic acids is 1. The first kappa shape index (κ1) is 15.4. The van der Waals surface area contributed by atoms with Crippen LogP contribution in [0.4, 0.5) is 4.39 Å². The van der Waals surface area contributed by atoms with Gasteiger partial charge in [-0.25, -0.2) is 4.39 Å².